The smallest absolute Gasteiger partial charge is 0.373 e. The van der Waals surface area contributed by atoms with Crippen molar-refractivity contribution in [3.8, 4) is 0 Å². The number of benzene rings is 1. The third-order valence-electron chi connectivity index (χ3n) is 5.49. The molecule has 1 aliphatic rings. The number of nitrogens with zero attached hydrogens (tertiary/aromatic N) is 2. The van der Waals surface area contributed by atoms with Crippen LogP contribution in [0.1, 0.15) is 47.5 Å². The summed E-state index contributed by atoms with van der Waals surface area (Å²) < 4.78 is 39.9. The van der Waals surface area contributed by atoms with E-state index in [0.717, 1.165) is 22.8 Å². The lowest BCUT2D eigenvalue weighted by atomic mass is 9.86. The molecule has 1 aliphatic heterocycles. The second kappa shape index (κ2) is 7.22. The Balaban J connectivity index is 1.48. The van der Waals surface area contributed by atoms with E-state index >= 15 is 0 Å². The fraction of sp³-hybridized carbons (Fsp3) is 0.381. The first-order valence-electron chi connectivity index (χ1n) is 9.37. The van der Waals surface area contributed by atoms with Crippen molar-refractivity contribution in [1.82, 2.24) is 14.9 Å². The molecule has 1 atom stereocenters. The van der Waals surface area contributed by atoms with Gasteiger partial charge in [-0.1, -0.05) is 18.2 Å². The zero-order valence-electron chi connectivity index (χ0n) is 15.5. The zero-order chi connectivity index (χ0) is 19.9. The topological polar surface area (TPSA) is 52.1 Å². The quantitative estimate of drug-likeness (QED) is 0.679. The number of piperidine rings is 1. The standard InChI is InChI=1S/C21H22F3N3O/c1-13-6-7-17-18(25-13)12-19(26-17)20(28)27-10-8-14(9-11-27)15-4-2-3-5-16(15)21(22,23)24/h2-7,12,14,20,26,28H,8-11H2,1H3. The number of alkyl halides is 3. The summed E-state index contributed by atoms with van der Waals surface area (Å²) in [5, 5.41) is 10.7. The highest BCUT2D eigenvalue weighted by Gasteiger charge is 2.36. The molecule has 1 unspecified atom stereocenters. The Kier molecular flexibility index (Phi) is 4.89. The van der Waals surface area contributed by atoms with E-state index in [-0.39, 0.29) is 5.92 Å². The number of aliphatic hydroxyl groups is 1. The van der Waals surface area contributed by atoms with Crippen LogP contribution in [0.4, 0.5) is 13.2 Å². The lowest BCUT2D eigenvalue weighted by molar-refractivity contribution is -0.138. The van der Waals surface area contributed by atoms with Crippen molar-refractivity contribution in [3.05, 3.63) is 65.0 Å². The molecule has 4 nitrogen and oxygen atoms in total. The van der Waals surface area contributed by atoms with Crippen LogP contribution in [0.5, 0.6) is 0 Å². The number of aromatic nitrogens is 2. The van der Waals surface area contributed by atoms with Gasteiger partial charge in [-0.25, -0.2) is 0 Å². The molecule has 0 bridgehead atoms. The van der Waals surface area contributed by atoms with Crippen molar-refractivity contribution in [2.24, 2.45) is 0 Å². The van der Waals surface area contributed by atoms with Gasteiger partial charge in [-0.2, -0.15) is 13.2 Å². The van der Waals surface area contributed by atoms with Gasteiger partial charge in [0.2, 0.25) is 0 Å². The predicted octanol–water partition coefficient (Wildman–Crippen LogP) is 4.76. The number of aromatic amines is 1. The van der Waals surface area contributed by atoms with Gasteiger partial charge in [0.15, 0.2) is 0 Å². The van der Waals surface area contributed by atoms with Gasteiger partial charge < -0.3 is 10.1 Å². The molecule has 2 aromatic heterocycles. The summed E-state index contributed by atoms with van der Waals surface area (Å²) in [5.41, 5.74) is 3.01. The van der Waals surface area contributed by atoms with Crippen LogP contribution in [0, 0.1) is 6.92 Å². The molecule has 3 heterocycles. The van der Waals surface area contributed by atoms with Crippen LogP contribution in [0.2, 0.25) is 0 Å². The lowest BCUT2D eigenvalue weighted by Gasteiger charge is -2.35. The molecule has 0 spiro atoms. The van der Waals surface area contributed by atoms with Crippen molar-refractivity contribution in [3.63, 3.8) is 0 Å². The highest BCUT2D eigenvalue weighted by molar-refractivity contribution is 5.76. The molecule has 1 saturated heterocycles. The van der Waals surface area contributed by atoms with Crippen LogP contribution in [0.15, 0.2) is 42.5 Å². The normalized spacial score (nSPS) is 17.9. The number of halogens is 3. The van der Waals surface area contributed by atoms with Crippen LogP contribution in [-0.4, -0.2) is 33.1 Å². The number of rotatable bonds is 3. The second-order valence-corrected chi connectivity index (χ2v) is 7.38. The lowest BCUT2D eigenvalue weighted by Crippen LogP contribution is -2.36. The SMILES string of the molecule is Cc1ccc2[nH]c(C(O)N3CCC(c4ccccc4C(F)(F)F)CC3)cc2n1. The first-order valence-corrected chi connectivity index (χ1v) is 9.37. The van der Waals surface area contributed by atoms with Gasteiger partial charge in [-0.15, -0.1) is 0 Å². The molecule has 1 fully saturated rings. The molecule has 3 aromatic rings. The fourth-order valence-corrected chi connectivity index (χ4v) is 4.03. The van der Waals surface area contributed by atoms with Crippen LogP contribution in [0.25, 0.3) is 11.0 Å². The molecule has 0 radical (unpaired) electrons. The number of aliphatic hydroxyl groups excluding tert-OH is 1. The van der Waals surface area contributed by atoms with E-state index in [1.54, 1.807) is 12.1 Å². The van der Waals surface area contributed by atoms with Gasteiger partial charge in [0.1, 0.15) is 6.23 Å². The van der Waals surface area contributed by atoms with E-state index in [2.05, 4.69) is 9.97 Å². The number of hydrogen-bond donors (Lipinski definition) is 2. The molecule has 0 amide bonds. The van der Waals surface area contributed by atoms with Crippen molar-refractivity contribution in [2.75, 3.05) is 13.1 Å². The minimum atomic E-state index is -4.34. The van der Waals surface area contributed by atoms with Crippen molar-refractivity contribution < 1.29 is 18.3 Å². The average Bonchev–Trinajstić information content (AvgIpc) is 3.10. The Morgan fingerprint density at radius 3 is 2.57 bits per heavy atom. The summed E-state index contributed by atoms with van der Waals surface area (Å²) in [7, 11) is 0. The summed E-state index contributed by atoms with van der Waals surface area (Å²) in [6.45, 7) is 2.96. The van der Waals surface area contributed by atoms with Crippen LogP contribution < -0.4 is 0 Å². The summed E-state index contributed by atoms with van der Waals surface area (Å²) in [4.78, 5) is 9.52. The molecule has 2 N–H and O–H groups in total. The van der Waals surface area contributed by atoms with E-state index in [0.29, 0.717) is 37.2 Å². The molecule has 1 aromatic carbocycles. The van der Waals surface area contributed by atoms with Crippen LogP contribution >= 0.6 is 0 Å². The Morgan fingerprint density at radius 1 is 1.14 bits per heavy atom. The molecule has 148 valence electrons. The van der Waals surface area contributed by atoms with Crippen LogP contribution in [-0.2, 0) is 6.18 Å². The maximum atomic E-state index is 13.3. The monoisotopic (exact) mass is 389 g/mol. The van der Waals surface area contributed by atoms with E-state index < -0.39 is 18.0 Å². The van der Waals surface area contributed by atoms with Gasteiger partial charge in [0.25, 0.3) is 0 Å². The highest BCUT2D eigenvalue weighted by Crippen LogP contribution is 2.39. The molecule has 7 heteroatoms. The summed E-state index contributed by atoms with van der Waals surface area (Å²) in [5.74, 6) is -0.159. The van der Waals surface area contributed by atoms with Crippen molar-refractivity contribution in [2.45, 2.75) is 38.1 Å². The number of fused-ring (bicyclic) bond motifs is 1. The largest absolute Gasteiger partial charge is 0.416 e. The average molecular weight is 389 g/mol. The third kappa shape index (κ3) is 3.64. The summed E-state index contributed by atoms with van der Waals surface area (Å²) >= 11 is 0. The van der Waals surface area contributed by atoms with Gasteiger partial charge in [-0.05, 0) is 55.5 Å². The van der Waals surface area contributed by atoms with Gasteiger partial charge in [0, 0.05) is 18.8 Å². The number of aryl methyl sites for hydroxylation is 1. The fourth-order valence-electron chi connectivity index (χ4n) is 4.03. The summed E-state index contributed by atoms with van der Waals surface area (Å²) in [6, 6.07) is 11.5. The second-order valence-electron chi connectivity index (χ2n) is 7.38. The Labute approximate surface area is 161 Å². The maximum Gasteiger partial charge on any atom is 0.416 e. The predicted molar refractivity (Wildman–Crippen MR) is 101 cm³/mol. The minimum absolute atomic E-state index is 0.159. The van der Waals surface area contributed by atoms with Gasteiger partial charge >= 0.3 is 6.18 Å². The van der Waals surface area contributed by atoms with E-state index in [1.165, 1.54) is 6.07 Å². The number of nitrogens with one attached hydrogen (secondary N) is 1. The van der Waals surface area contributed by atoms with Crippen molar-refractivity contribution in [1.29, 1.82) is 0 Å². The number of hydrogen-bond acceptors (Lipinski definition) is 3. The first kappa shape index (κ1) is 19.0. The minimum Gasteiger partial charge on any atom is -0.373 e. The van der Waals surface area contributed by atoms with Crippen molar-refractivity contribution >= 4 is 11.0 Å². The Morgan fingerprint density at radius 2 is 1.86 bits per heavy atom. The first-order chi connectivity index (χ1) is 13.3. The molecule has 0 saturated carbocycles. The molecule has 28 heavy (non-hydrogen) atoms. The van der Waals surface area contributed by atoms with E-state index in [9.17, 15) is 18.3 Å². The van der Waals surface area contributed by atoms with E-state index in [1.807, 2.05) is 30.0 Å². The zero-order valence-corrected chi connectivity index (χ0v) is 15.5. The maximum absolute atomic E-state index is 13.3. The number of likely N-dealkylation sites (tertiary alicyclic amines) is 1. The molecular weight excluding hydrogens is 367 g/mol. The van der Waals surface area contributed by atoms with Gasteiger partial charge in [-0.3, -0.25) is 9.88 Å². The molecule has 4 rings (SSSR count). The van der Waals surface area contributed by atoms with Gasteiger partial charge in [0.05, 0.1) is 22.3 Å². The third-order valence-corrected chi connectivity index (χ3v) is 5.49. The number of pyridine rings is 1. The Hall–Kier alpha value is -2.38. The Bertz CT molecular complexity index is 974. The van der Waals surface area contributed by atoms with E-state index in [4.69, 9.17) is 0 Å². The van der Waals surface area contributed by atoms with Crippen LogP contribution in [0.3, 0.4) is 0 Å². The highest BCUT2D eigenvalue weighted by atomic mass is 19.4. The molecular formula is C21H22F3N3O. The summed E-state index contributed by atoms with van der Waals surface area (Å²) in [6.07, 6.45) is -4.03. The molecule has 0 aliphatic carbocycles. The number of H-pyrrole nitrogens is 1.